The third-order valence-corrected chi connectivity index (χ3v) is 5.67. The molecule has 0 saturated carbocycles. The lowest BCUT2D eigenvalue weighted by molar-refractivity contribution is -0.113. The van der Waals surface area contributed by atoms with Crippen LogP contribution in [-0.2, 0) is 9.53 Å². The number of rotatable bonds is 7. The molecule has 4 rings (SSSR count). The molecule has 4 aromatic rings. The zero-order valence-corrected chi connectivity index (χ0v) is 18.8. The van der Waals surface area contributed by atoms with E-state index in [1.54, 1.807) is 35.9 Å². The molecule has 0 bridgehead atoms. The number of carbonyl (C=O) groups excluding carboxylic acids is 2. The van der Waals surface area contributed by atoms with Gasteiger partial charge in [0, 0.05) is 0 Å². The van der Waals surface area contributed by atoms with Crippen molar-refractivity contribution in [3.8, 4) is 5.69 Å². The van der Waals surface area contributed by atoms with Crippen molar-refractivity contribution in [2.75, 3.05) is 17.7 Å². The Balaban J connectivity index is 1.53. The topological polar surface area (TPSA) is 119 Å². The van der Waals surface area contributed by atoms with Gasteiger partial charge in [-0.3, -0.25) is 9.59 Å². The van der Waals surface area contributed by atoms with Crippen LogP contribution in [0.5, 0.6) is 0 Å². The van der Waals surface area contributed by atoms with Gasteiger partial charge in [0.2, 0.25) is 5.91 Å². The molecular weight excluding hydrogens is 442 g/mol. The summed E-state index contributed by atoms with van der Waals surface area (Å²) in [4.78, 5) is 44.4. The van der Waals surface area contributed by atoms with E-state index >= 15 is 0 Å². The van der Waals surface area contributed by atoms with Crippen LogP contribution in [0.2, 0.25) is 0 Å². The van der Waals surface area contributed by atoms with Gasteiger partial charge in [0.1, 0.15) is 5.39 Å². The van der Waals surface area contributed by atoms with Crippen molar-refractivity contribution in [1.82, 2.24) is 19.7 Å². The van der Waals surface area contributed by atoms with Gasteiger partial charge in [-0.25, -0.2) is 14.5 Å². The van der Waals surface area contributed by atoms with E-state index in [0.717, 1.165) is 23.0 Å². The van der Waals surface area contributed by atoms with Crippen LogP contribution < -0.4 is 10.9 Å². The molecule has 33 heavy (non-hydrogen) atoms. The lowest BCUT2D eigenvalue weighted by atomic mass is 10.2. The van der Waals surface area contributed by atoms with E-state index < -0.39 is 5.97 Å². The molecule has 0 spiro atoms. The van der Waals surface area contributed by atoms with Gasteiger partial charge in [-0.1, -0.05) is 42.1 Å². The predicted octanol–water partition coefficient (Wildman–Crippen LogP) is 3.32. The maximum atomic E-state index is 12.5. The van der Waals surface area contributed by atoms with Crippen molar-refractivity contribution in [2.45, 2.75) is 19.0 Å². The summed E-state index contributed by atoms with van der Waals surface area (Å²) in [5.41, 5.74) is 2.50. The number of benzene rings is 2. The highest BCUT2D eigenvalue weighted by atomic mass is 32.2. The van der Waals surface area contributed by atoms with Crippen LogP contribution in [0.15, 0.2) is 64.7 Å². The molecule has 0 fully saturated rings. The van der Waals surface area contributed by atoms with Gasteiger partial charge in [0.05, 0.1) is 35.5 Å². The van der Waals surface area contributed by atoms with Crippen LogP contribution in [0.3, 0.4) is 0 Å². The van der Waals surface area contributed by atoms with Crippen LogP contribution in [0, 0.1) is 6.92 Å². The number of aromatic nitrogens is 4. The van der Waals surface area contributed by atoms with Crippen LogP contribution >= 0.6 is 11.8 Å². The van der Waals surface area contributed by atoms with Gasteiger partial charge in [0.15, 0.2) is 10.8 Å². The van der Waals surface area contributed by atoms with E-state index in [1.165, 1.54) is 6.20 Å². The molecule has 2 aromatic heterocycles. The van der Waals surface area contributed by atoms with Crippen molar-refractivity contribution in [1.29, 1.82) is 0 Å². The van der Waals surface area contributed by atoms with Gasteiger partial charge in [-0.15, -0.1) is 0 Å². The van der Waals surface area contributed by atoms with Crippen LogP contribution in [0.4, 0.5) is 5.69 Å². The van der Waals surface area contributed by atoms with Crippen molar-refractivity contribution in [2.24, 2.45) is 0 Å². The van der Waals surface area contributed by atoms with Crippen LogP contribution in [0.25, 0.3) is 16.7 Å². The number of fused-ring (bicyclic) bond motifs is 1. The number of ether oxygens (including phenoxy) is 1. The molecule has 0 radical (unpaired) electrons. The summed E-state index contributed by atoms with van der Waals surface area (Å²) in [6.45, 7) is 3.90. The summed E-state index contributed by atoms with van der Waals surface area (Å²) >= 11 is 1.08. The molecular formula is C23H21N5O4S. The van der Waals surface area contributed by atoms with Gasteiger partial charge < -0.3 is 15.0 Å². The number of nitrogens with zero attached hydrogens (tertiary/aromatic N) is 3. The summed E-state index contributed by atoms with van der Waals surface area (Å²) in [6, 6.07) is 14.3. The molecule has 0 aliphatic carbocycles. The summed E-state index contributed by atoms with van der Waals surface area (Å²) in [5, 5.41) is 7.68. The Morgan fingerprint density at radius 3 is 2.70 bits per heavy atom. The number of aromatic amines is 1. The van der Waals surface area contributed by atoms with Gasteiger partial charge in [-0.05, 0) is 37.6 Å². The monoisotopic (exact) mass is 463 g/mol. The SMILES string of the molecule is CCOC(=O)c1ccccc1NC(=O)CSc1nc2c(cnn2-c2ccccc2C)c(=O)[nH]1. The van der Waals surface area contributed by atoms with E-state index in [-0.39, 0.29) is 34.5 Å². The molecule has 168 valence electrons. The fourth-order valence-electron chi connectivity index (χ4n) is 3.24. The Morgan fingerprint density at radius 2 is 1.91 bits per heavy atom. The van der Waals surface area contributed by atoms with Crippen molar-refractivity contribution < 1.29 is 14.3 Å². The first kappa shape index (κ1) is 22.3. The highest BCUT2D eigenvalue weighted by molar-refractivity contribution is 7.99. The number of esters is 1. The summed E-state index contributed by atoms with van der Waals surface area (Å²) < 4.78 is 6.64. The molecule has 10 heteroatoms. The molecule has 9 nitrogen and oxygen atoms in total. The number of hydrogen-bond acceptors (Lipinski definition) is 7. The molecule has 0 atom stereocenters. The summed E-state index contributed by atoms with van der Waals surface area (Å²) in [7, 11) is 0. The van der Waals surface area contributed by atoms with Gasteiger partial charge >= 0.3 is 5.97 Å². The molecule has 2 aromatic carbocycles. The first-order valence-corrected chi connectivity index (χ1v) is 11.2. The quantitative estimate of drug-likeness (QED) is 0.245. The first-order chi connectivity index (χ1) is 16.0. The van der Waals surface area contributed by atoms with E-state index in [0.29, 0.717) is 16.7 Å². The maximum Gasteiger partial charge on any atom is 0.340 e. The molecule has 0 aliphatic heterocycles. The average molecular weight is 464 g/mol. The number of carbonyl (C=O) groups is 2. The number of aryl methyl sites for hydroxylation is 1. The molecule has 0 unspecified atom stereocenters. The van der Waals surface area contributed by atoms with Crippen molar-refractivity contribution in [3.05, 3.63) is 76.2 Å². The Morgan fingerprint density at radius 1 is 1.15 bits per heavy atom. The minimum absolute atomic E-state index is 0.0237. The second kappa shape index (κ2) is 9.70. The second-order valence-corrected chi connectivity index (χ2v) is 8.02. The molecule has 1 amide bonds. The van der Waals surface area contributed by atoms with E-state index in [9.17, 15) is 14.4 Å². The molecule has 2 heterocycles. The number of thioether (sulfide) groups is 1. The third kappa shape index (κ3) is 4.80. The lowest BCUT2D eigenvalue weighted by Gasteiger charge is -2.10. The molecule has 2 N–H and O–H groups in total. The number of H-pyrrole nitrogens is 1. The lowest BCUT2D eigenvalue weighted by Crippen LogP contribution is -2.18. The smallest absolute Gasteiger partial charge is 0.340 e. The average Bonchev–Trinajstić information content (AvgIpc) is 3.23. The third-order valence-electron chi connectivity index (χ3n) is 4.80. The minimum atomic E-state index is -0.512. The molecule has 0 saturated heterocycles. The number of amides is 1. The summed E-state index contributed by atoms with van der Waals surface area (Å²) in [5.74, 6) is -0.890. The minimum Gasteiger partial charge on any atom is -0.462 e. The Hall–Kier alpha value is -3.92. The van der Waals surface area contributed by atoms with E-state index in [4.69, 9.17) is 4.74 Å². The standard InChI is InChI=1S/C23H21N5O4S/c1-3-32-22(31)15-9-5-6-10-17(15)25-19(29)13-33-23-26-20-16(21(30)27-23)12-24-28(20)18-11-7-4-8-14(18)2/h4-12H,3,13H2,1-2H3,(H,25,29)(H,26,27,30). The van der Waals surface area contributed by atoms with Crippen LogP contribution in [-0.4, -0.2) is 44.0 Å². The fourth-order valence-corrected chi connectivity index (χ4v) is 3.90. The maximum absolute atomic E-state index is 12.5. The summed E-state index contributed by atoms with van der Waals surface area (Å²) in [6.07, 6.45) is 1.47. The Bertz CT molecular complexity index is 1400. The van der Waals surface area contributed by atoms with E-state index in [1.807, 2.05) is 31.2 Å². The van der Waals surface area contributed by atoms with Gasteiger partial charge in [0.25, 0.3) is 5.56 Å². The Kier molecular flexibility index (Phi) is 6.55. The fraction of sp³-hybridized carbons (Fsp3) is 0.174. The normalized spacial score (nSPS) is 10.8. The number of hydrogen-bond donors (Lipinski definition) is 2. The first-order valence-electron chi connectivity index (χ1n) is 10.2. The van der Waals surface area contributed by atoms with Gasteiger partial charge in [-0.2, -0.15) is 5.10 Å². The Labute approximate surface area is 193 Å². The number of nitrogens with one attached hydrogen (secondary N) is 2. The van der Waals surface area contributed by atoms with Crippen molar-refractivity contribution >= 4 is 40.4 Å². The molecule has 0 aliphatic rings. The van der Waals surface area contributed by atoms with Crippen LogP contribution in [0.1, 0.15) is 22.8 Å². The highest BCUT2D eigenvalue weighted by Gasteiger charge is 2.16. The van der Waals surface area contributed by atoms with Crippen molar-refractivity contribution in [3.63, 3.8) is 0 Å². The largest absolute Gasteiger partial charge is 0.462 e. The van der Waals surface area contributed by atoms with E-state index in [2.05, 4.69) is 20.4 Å². The predicted molar refractivity (Wildman–Crippen MR) is 126 cm³/mol. The zero-order chi connectivity index (χ0) is 23.4. The number of anilines is 1. The number of para-hydroxylation sites is 2. The highest BCUT2D eigenvalue weighted by Crippen LogP contribution is 2.21. The zero-order valence-electron chi connectivity index (χ0n) is 18.0. The second-order valence-electron chi connectivity index (χ2n) is 7.05.